The van der Waals surface area contributed by atoms with Crippen LogP contribution < -0.4 is 15.0 Å². The Balaban J connectivity index is 1.08. The zero-order valence-corrected chi connectivity index (χ0v) is 23.3. The number of ether oxygens (including phenoxy) is 1. The van der Waals surface area contributed by atoms with Crippen molar-refractivity contribution in [1.29, 1.82) is 0 Å². The molecular weight excluding hydrogens is 545 g/mol. The maximum Gasteiger partial charge on any atom is 0.329 e. The molecule has 3 aromatic carbocycles. The number of anilines is 1. The summed E-state index contributed by atoms with van der Waals surface area (Å²) in [7, 11) is 1.88. The van der Waals surface area contributed by atoms with Gasteiger partial charge in [-0.15, -0.1) is 0 Å². The first kappa shape index (κ1) is 27.0. The molecule has 0 radical (unpaired) electrons. The molecule has 2 aliphatic rings. The third-order valence-electron chi connectivity index (χ3n) is 7.62. The van der Waals surface area contributed by atoms with Crippen LogP contribution >= 0.6 is 11.6 Å². The largest absolute Gasteiger partial charge is 0.489 e. The highest BCUT2D eigenvalue weighted by molar-refractivity contribution is 6.31. The molecule has 8 nitrogen and oxygen atoms in total. The van der Waals surface area contributed by atoms with E-state index in [0.717, 1.165) is 37.4 Å². The second-order valence-electron chi connectivity index (χ2n) is 10.3. The van der Waals surface area contributed by atoms with E-state index in [2.05, 4.69) is 33.4 Å². The summed E-state index contributed by atoms with van der Waals surface area (Å²) in [4.78, 5) is 32.4. The lowest BCUT2D eigenvalue weighted by Gasteiger charge is -2.29. The number of urea groups is 1. The number of nitrogens with one attached hydrogen (secondary N) is 1. The molecule has 1 fully saturated rings. The Morgan fingerprint density at radius 3 is 2.63 bits per heavy atom. The average Bonchev–Trinajstić information content (AvgIpc) is 3.34. The second-order valence-corrected chi connectivity index (χ2v) is 10.7. The van der Waals surface area contributed by atoms with Gasteiger partial charge in [0, 0.05) is 50.8 Å². The van der Waals surface area contributed by atoms with Gasteiger partial charge >= 0.3 is 6.03 Å². The van der Waals surface area contributed by atoms with Gasteiger partial charge in [0.2, 0.25) is 5.91 Å². The van der Waals surface area contributed by atoms with E-state index in [1.807, 2.05) is 35.9 Å². The van der Waals surface area contributed by atoms with Crippen LogP contribution in [-0.2, 0) is 38.0 Å². The molecule has 1 aromatic heterocycles. The smallest absolute Gasteiger partial charge is 0.329 e. The Kier molecular flexibility index (Phi) is 7.47. The molecule has 2 aliphatic heterocycles. The highest BCUT2D eigenvalue weighted by atomic mass is 35.5. The summed E-state index contributed by atoms with van der Waals surface area (Å²) >= 11 is 6.10. The number of imidazole rings is 1. The van der Waals surface area contributed by atoms with E-state index in [9.17, 15) is 14.0 Å². The Labute approximate surface area is 242 Å². The predicted octanol–water partition coefficient (Wildman–Crippen LogP) is 5.46. The fourth-order valence-corrected chi connectivity index (χ4v) is 5.58. The Hall–Kier alpha value is -4.21. The number of halogens is 2. The molecule has 0 aliphatic carbocycles. The molecule has 3 amide bonds. The number of hydrogen-bond donors (Lipinski definition) is 1. The van der Waals surface area contributed by atoms with E-state index in [1.165, 1.54) is 22.8 Å². The van der Waals surface area contributed by atoms with Crippen LogP contribution in [0.4, 0.5) is 15.0 Å². The van der Waals surface area contributed by atoms with Crippen molar-refractivity contribution in [3.8, 4) is 17.1 Å². The molecule has 0 bridgehead atoms. The topological polar surface area (TPSA) is 79.7 Å². The number of aromatic nitrogens is 2. The van der Waals surface area contributed by atoms with E-state index < -0.39 is 6.03 Å². The van der Waals surface area contributed by atoms with Crippen molar-refractivity contribution in [2.75, 3.05) is 18.0 Å². The predicted molar refractivity (Wildman–Crippen MR) is 154 cm³/mol. The number of rotatable bonds is 7. The second kappa shape index (κ2) is 11.3. The molecule has 210 valence electrons. The summed E-state index contributed by atoms with van der Waals surface area (Å²) in [6.07, 6.45) is 2.86. The van der Waals surface area contributed by atoms with Gasteiger partial charge in [-0.05, 0) is 53.4 Å². The van der Waals surface area contributed by atoms with Crippen LogP contribution in [0.3, 0.4) is 0 Å². The fraction of sp³-hybridized carbons (Fsp3) is 0.258. The summed E-state index contributed by atoms with van der Waals surface area (Å²) in [6, 6.07) is 18.5. The van der Waals surface area contributed by atoms with E-state index in [-0.39, 0.29) is 24.8 Å². The zero-order valence-electron chi connectivity index (χ0n) is 22.6. The van der Waals surface area contributed by atoms with E-state index in [0.29, 0.717) is 28.7 Å². The number of imide groups is 1. The van der Waals surface area contributed by atoms with Crippen molar-refractivity contribution in [1.82, 2.24) is 19.8 Å². The van der Waals surface area contributed by atoms with E-state index in [1.54, 1.807) is 23.2 Å². The molecule has 6 rings (SSSR count). The van der Waals surface area contributed by atoms with Gasteiger partial charge in [0.05, 0.1) is 11.2 Å². The molecular formula is C31H29ClFN5O3. The highest BCUT2D eigenvalue weighted by Gasteiger charge is 2.27. The van der Waals surface area contributed by atoms with Gasteiger partial charge in [0.1, 0.15) is 29.8 Å². The summed E-state index contributed by atoms with van der Waals surface area (Å²) in [6.45, 7) is 2.98. The van der Waals surface area contributed by atoms with Gasteiger partial charge in [-0.25, -0.2) is 14.2 Å². The lowest BCUT2D eigenvalue weighted by atomic mass is 9.96. The van der Waals surface area contributed by atoms with Gasteiger partial charge < -0.3 is 9.30 Å². The molecule has 4 aromatic rings. The molecule has 41 heavy (non-hydrogen) atoms. The number of fused-ring (bicyclic) bond motifs is 1. The first-order valence-electron chi connectivity index (χ1n) is 13.5. The normalized spacial score (nSPS) is 15.5. The summed E-state index contributed by atoms with van der Waals surface area (Å²) < 4.78 is 21.7. The van der Waals surface area contributed by atoms with Gasteiger partial charge in [-0.1, -0.05) is 41.9 Å². The van der Waals surface area contributed by atoms with Crippen molar-refractivity contribution in [2.45, 2.75) is 32.5 Å². The number of nitrogens with zero attached hydrogens (tertiary/aromatic N) is 4. The standard InChI is InChI=1S/C31H29ClFN5O3/c1-36-29(38-14-12-28(39)35-31(38)40)16-34-30(36)22-7-8-23-18-37(13-11-21(23)15-22)17-20-5-9-24(10-6-20)41-19-25-26(32)3-2-4-27(25)33/h2-10,15-16H,11-14,17-19H2,1H3,(H,35,39,40). The average molecular weight is 574 g/mol. The molecule has 0 spiro atoms. The minimum atomic E-state index is -0.420. The van der Waals surface area contributed by atoms with Crippen LogP contribution in [0.15, 0.2) is 66.9 Å². The van der Waals surface area contributed by atoms with Gasteiger partial charge in [-0.2, -0.15) is 0 Å². The van der Waals surface area contributed by atoms with E-state index >= 15 is 0 Å². The Bertz CT molecular complexity index is 1600. The van der Waals surface area contributed by atoms with Crippen LogP contribution in [0.5, 0.6) is 5.75 Å². The third-order valence-corrected chi connectivity index (χ3v) is 7.98. The summed E-state index contributed by atoms with van der Waals surface area (Å²) in [5.41, 5.74) is 5.09. The first-order chi connectivity index (χ1) is 19.9. The number of carbonyl (C=O) groups is 2. The Morgan fingerprint density at radius 2 is 1.85 bits per heavy atom. The number of benzene rings is 3. The Morgan fingerprint density at radius 1 is 1.02 bits per heavy atom. The maximum absolute atomic E-state index is 14.0. The molecule has 0 unspecified atom stereocenters. The van der Waals surface area contributed by atoms with Crippen LogP contribution in [0, 0.1) is 5.82 Å². The van der Waals surface area contributed by atoms with Crippen LogP contribution in [0.2, 0.25) is 5.02 Å². The van der Waals surface area contributed by atoms with Crippen molar-refractivity contribution in [2.24, 2.45) is 7.05 Å². The molecule has 10 heteroatoms. The lowest BCUT2D eigenvalue weighted by Crippen LogP contribution is -2.50. The van der Waals surface area contributed by atoms with Crippen molar-refractivity contribution in [3.05, 3.63) is 100.0 Å². The van der Waals surface area contributed by atoms with Crippen molar-refractivity contribution < 1.29 is 18.7 Å². The SMILES string of the molecule is Cn1c(N2CCC(=O)NC2=O)cnc1-c1ccc2c(c1)CCN(Cc1ccc(OCc3c(F)cccc3Cl)cc1)C2. The van der Waals surface area contributed by atoms with Crippen LogP contribution in [0.25, 0.3) is 11.4 Å². The quantitative estimate of drug-likeness (QED) is 0.317. The lowest BCUT2D eigenvalue weighted by molar-refractivity contribution is -0.120. The number of hydrogen-bond acceptors (Lipinski definition) is 5. The van der Waals surface area contributed by atoms with E-state index in [4.69, 9.17) is 16.3 Å². The number of carbonyl (C=O) groups excluding carboxylic acids is 2. The fourth-order valence-electron chi connectivity index (χ4n) is 5.36. The third kappa shape index (κ3) is 5.68. The molecule has 3 heterocycles. The summed E-state index contributed by atoms with van der Waals surface area (Å²) in [5.74, 6) is 1.46. The monoisotopic (exact) mass is 573 g/mol. The molecule has 1 N–H and O–H groups in total. The van der Waals surface area contributed by atoms with Gasteiger partial charge in [0.25, 0.3) is 0 Å². The number of amides is 3. The zero-order chi connectivity index (χ0) is 28.5. The van der Waals surface area contributed by atoms with Gasteiger partial charge in [-0.3, -0.25) is 19.9 Å². The van der Waals surface area contributed by atoms with Crippen molar-refractivity contribution in [3.63, 3.8) is 0 Å². The molecule has 0 atom stereocenters. The van der Waals surface area contributed by atoms with Crippen molar-refractivity contribution >= 4 is 29.4 Å². The van der Waals surface area contributed by atoms with Crippen LogP contribution in [0.1, 0.15) is 28.7 Å². The molecule has 0 saturated carbocycles. The van der Waals surface area contributed by atoms with Gasteiger partial charge in [0.15, 0.2) is 0 Å². The maximum atomic E-state index is 14.0. The minimum absolute atomic E-state index is 0.0733. The van der Waals surface area contributed by atoms with Crippen LogP contribution in [-0.4, -0.2) is 39.5 Å². The summed E-state index contributed by atoms with van der Waals surface area (Å²) in [5, 5.41) is 2.72. The minimum Gasteiger partial charge on any atom is -0.489 e. The first-order valence-corrected chi connectivity index (χ1v) is 13.9. The highest BCUT2D eigenvalue weighted by Crippen LogP contribution is 2.29. The molecule has 1 saturated heterocycles.